The number of amides is 1. The number of aryl methyl sites for hydroxylation is 2. The van der Waals surface area contributed by atoms with Gasteiger partial charge < -0.3 is 14.7 Å². The van der Waals surface area contributed by atoms with E-state index in [4.69, 9.17) is 9.84 Å². The predicted molar refractivity (Wildman–Crippen MR) is 82.9 cm³/mol. The lowest BCUT2D eigenvalue weighted by Gasteiger charge is -2.24. The van der Waals surface area contributed by atoms with Crippen LogP contribution >= 0.6 is 0 Å². The number of carbonyl (C=O) groups excluding carboxylic acids is 1. The summed E-state index contributed by atoms with van der Waals surface area (Å²) in [4.78, 5) is 24.9. The van der Waals surface area contributed by atoms with Crippen LogP contribution in [-0.2, 0) is 9.59 Å². The fourth-order valence-electron chi connectivity index (χ4n) is 2.25. The molecule has 1 aliphatic rings. The molecular weight excluding hydrogens is 282 g/mol. The van der Waals surface area contributed by atoms with Gasteiger partial charge >= 0.3 is 5.97 Å². The first kappa shape index (κ1) is 16.3. The van der Waals surface area contributed by atoms with Crippen LogP contribution in [0.15, 0.2) is 18.2 Å². The van der Waals surface area contributed by atoms with Gasteiger partial charge in [-0.2, -0.15) is 0 Å². The minimum Gasteiger partial charge on any atom is -0.484 e. The third-order valence-electron chi connectivity index (χ3n) is 4.04. The Balaban J connectivity index is 1.93. The highest BCUT2D eigenvalue weighted by atomic mass is 16.5. The molecule has 1 unspecified atom stereocenters. The highest BCUT2D eigenvalue weighted by Crippen LogP contribution is 2.28. The summed E-state index contributed by atoms with van der Waals surface area (Å²) in [5.41, 5.74) is 2.29. The average Bonchev–Trinajstić information content (AvgIpc) is 3.29. The Labute approximate surface area is 130 Å². The number of benzene rings is 1. The first-order valence-electron chi connectivity index (χ1n) is 7.61. The molecule has 0 aliphatic heterocycles. The van der Waals surface area contributed by atoms with Crippen LogP contribution in [0.2, 0.25) is 0 Å². The summed E-state index contributed by atoms with van der Waals surface area (Å²) >= 11 is 0. The molecule has 1 aromatic carbocycles. The molecule has 0 saturated heterocycles. The maximum Gasteiger partial charge on any atom is 0.308 e. The molecule has 0 heterocycles. The summed E-state index contributed by atoms with van der Waals surface area (Å²) in [6, 6.07) is 5.89. The van der Waals surface area contributed by atoms with E-state index in [1.54, 1.807) is 11.8 Å². The van der Waals surface area contributed by atoms with E-state index in [1.807, 2.05) is 32.0 Å². The molecule has 1 amide bonds. The van der Waals surface area contributed by atoms with Crippen LogP contribution in [0.4, 0.5) is 0 Å². The normalized spacial score (nSPS) is 15.2. The zero-order valence-electron chi connectivity index (χ0n) is 13.3. The number of ether oxygens (including phenoxy) is 1. The Kier molecular flexibility index (Phi) is 5.06. The Bertz CT molecular complexity index is 566. The van der Waals surface area contributed by atoms with Gasteiger partial charge in [0.05, 0.1) is 5.92 Å². The van der Waals surface area contributed by atoms with Gasteiger partial charge in [-0.25, -0.2) is 0 Å². The lowest BCUT2D eigenvalue weighted by Crippen LogP contribution is -2.41. The molecule has 1 atom stereocenters. The van der Waals surface area contributed by atoms with Crippen LogP contribution in [0.3, 0.4) is 0 Å². The van der Waals surface area contributed by atoms with E-state index in [-0.39, 0.29) is 25.1 Å². The minimum atomic E-state index is -0.881. The molecule has 5 nitrogen and oxygen atoms in total. The van der Waals surface area contributed by atoms with Gasteiger partial charge in [0.25, 0.3) is 5.91 Å². The van der Waals surface area contributed by atoms with Crippen molar-refractivity contribution in [2.45, 2.75) is 39.7 Å². The summed E-state index contributed by atoms with van der Waals surface area (Å²) < 4.78 is 5.57. The maximum absolute atomic E-state index is 12.3. The Morgan fingerprint density at radius 2 is 2.00 bits per heavy atom. The minimum absolute atomic E-state index is 0.0503. The zero-order valence-corrected chi connectivity index (χ0v) is 13.3. The van der Waals surface area contributed by atoms with Gasteiger partial charge in [-0.05, 0) is 49.9 Å². The Morgan fingerprint density at radius 3 is 2.55 bits per heavy atom. The van der Waals surface area contributed by atoms with Gasteiger partial charge in [-0.1, -0.05) is 13.0 Å². The number of carboxylic acid groups (broad SMARTS) is 1. The van der Waals surface area contributed by atoms with Crippen molar-refractivity contribution in [2.75, 3.05) is 13.2 Å². The van der Waals surface area contributed by atoms with E-state index in [0.29, 0.717) is 5.75 Å². The van der Waals surface area contributed by atoms with Crippen LogP contribution < -0.4 is 4.74 Å². The second-order valence-electron chi connectivity index (χ2n) is 6.05. The third-order valence-corrected chi connectivity index (χ3v) is 4.04. The molecule has 0 spiro atoms. The first-order valence-corrected chi connectivity index (χ1v) is 7.61. The smallest absolute Gasteiger partial charge is 0.308 e. The van der Waals surface area contributed by atoms with E-state index in [0.717, 1.165) is 18.4 Å². The van der Waals surface area contributed by atoms with E-state index < -0.39 is 11.9 Å². The predicted octanol–water partition coefficient (Wildman–Crippen LogP) is 2.39. The van der Waals surface area contributed by atoms with E-state index in [1.165, 1.54) is 5.56 Å². The Hall–Kier alpha value is -2.04. The van der Waals surface area contributed by atoms with Crippen molar-refractivity contribution in [3.8, 4) is 5.75 Å². The lowest BCUT2D eigenvalue weighted by molar-refractivity contribution is -0.143. The van der Waals surface area contributed by atoms with Crippen molar-refractivity contribution >= 4 is 11.9 Å². The lowest BCUT2D eigenvalue weighted by atomic mass is 10.1. The molecule has 1 aromatic rings. The molecular formula is C17H23NO4. The number of nitrogens with zero attached hydrogens (tertiary/aromatic N) is 1. The summed E-state index contributed by atoms with van der Waals surface area (Å²) in [5, 5.41) is 9.01. The van der Waals surface area contributed by atoms with Crippen LogP contribution in [-0.4, -0.2) is 41.1 Å². The molecule has 0 bridgehead atoms. The maximum atomic E-state index is 12.3. The highest BCUT2D eigenvalue weighted by Gasteiger charge is 2.34. The quantitative estimate of drug-likeness (QED) is 0.840. The molecule has 2 rings (SSSR count). The first-order chi connectivity index (χ1) is 10.4. The fourth-order valence-corrected chi connectivity index (χ4v) is 2.25. The molecule has 0 radical (unpaired) electrons. The topological polar surface area (TPSA) is 66.8 Å². The van der Waals surface area contributed by atoms with Crippen LogP contribution in [0.1, 0.15) is 30.9 Å². The number of hydrogen-bond donors (Lipinski definition) is 1. The molecule has 5 heteroatoms. The van der Waals surface area contributed by atoms with Gasteiger partial charge in [0.1, 0.15) is 5.75 Å². The number of hydrogen-bond acceptors (Lipinski definition) is 3. The molecule has 1 aliphatic carbocycles. The van der Waals surface area contributed by atoms with Crippen molar-refractivity contribution in [2.24, 2.45) is 5.92 Å². The van der Waals surface area contributed by atoms with Gasteiger partial charge in [-0.15, -0.1) is 0 Å². The van der Waals surface area contributed by atoms with Crippen LogP contribution in [0.5, 0.6) is 5.75 Å². The van der Waals surface area contributed by atoms with Crippen molar-refractivity contribution in [1.82, 2.24) is 4.90 Å². The van der Waals surface area contributed by atoms with Crippen molar-refractivity contribution in [3.63, 3.8) is 0 Å². The van der Waals surface area contributed by atoms with Gasteiger partial charge in [0, 0.05) is 12.6 Å². The van der Waals surface area contributed by atoms with Crippen LogP contribution in [0, 0.1) is 19.8 Å². The van der Waals surface area contributed by atoms with Gasteiger partial charge in [0.15, 0.2) is 6.61 Å². The van der Waals surface area contributed by atoms with Crippen LogP contribution in [0.25, 0.3) is 0 Å². The SMILES string of the molecule is Cc1ccc(OCC(=O)N(CC(C)C(=O)O)C2CC2)cc1C. The molecule has 1 fully saturated rings. The van der Waals surface area contributed by atoms with Crippen molar-refractivity contribution in [1.29, 1.82) is 0 Å². The molecule has 1 N–H and O–H groups in total. The standard InChI is InChI=1S/C17H23NO4/c1-11-4-7-15(8-12(11)2)22-10-16(19)18(14-5-6-14)9-13(3)17(20)21/h4,7-8,13-14H,5-6,9-10H2,1-3H3,(H,20,21). The van der Waals surface area contributed by atoms with E-state index >= 15 is 0 Å². The molecule has 1 saturated carbocycles. The molecule has 0 aromatic heterocycles. The third kappa shape index (κ3) is 4.23. The number of carbonyl (C=O) groups is 2. The number of aliphatic carboxylic acids is 1. The second kappa shape index (κ2) is 6.81. The summed E-state index contributed by atoms with van der Waals surface area (Å²) in [7, 11) is 0. The number of rotatable bonds is 7. The fraction of sp³-hybridized carbons (Fsp3) is 0.529. The highest BCUT2D eigenvalue weighted by molar-refractivity contribution is 5.79. The molecule has 22 heavy (non-hydrogen) atoms. The monoisotopic (exact) mass is 305 g/mol. The van der Waals surface area contributed by atoms with Gasteiger partial charge in [0.2, 0.25) is 0 Å². The van der Waals surface area contributed by atoms with Gasteiger partial charge in [-0.3, -0.25) is 9.59 Å². The largest absolute Gasteiger partial charge is 0.484 e. The zero-order chi connectivity index (χ0) is 16.3. The second-order valence-corrected chi connectivity index (χ2v) is 6.05. The van der Waals surface area contributed by atoms with Crippen molar-refractivity contribution in [3.05, 3.63) is 29.3 Å². The summed E-state index contributed by atoms with van der Waals surface area (Å²) in [6.07, 6.45) is 1.89. The Morgan fingerprint density at radius 1 is 1.32 bits per heavy atom. The summed E-state index contributed by atoms with van der Waals surface area (Å²) in [5.74, 6) is -0.924. The molecule has 120 valence electrons. The van der Waals surface area contributed by atoms with E-state index in [9.17, 15) is 9.59 Å². The average molecular weight is 305 g/mol. The number of carboxylic acids is 1. The summed E-state index contributed by atoms with van der Waals surface area (Å²) in [6.45, 7) is 5.83. The van der Waals surface area contributed by atoms with E-state index in [2.05, 4.69) is 0 Å². The van der Waals surface area contributed by atoms with Crippen molar-refractivity contribution < 1.29 is 19.4 Å².